The van der Waals surface area contributed by atoms with E-state index in [2.05, 4.69) is 60.8 Å². The van der Waals surface area contributed by atoms with Crippen LogP contribution in [0.5, 0.6) is 0 Å². The van der Waals surface area contributed by atoms with Gasteiger partial charge in [-0.1, -0.05) is 27.7 Å². The van der Waals surface area contributed by atoms with Crippen molar-refractivity contribution in [2.45, 2.75) is 40.7 Å². The maximum Gasteiger partial charge on any atom is 0.106 e. The minimum atomic E-state index is 0.322. The van der Waals surface area contributed by atoms with E-state index < -0.39 is 0 Å². The Hall–Kier alpha value is -0.740. The number of nitrogens with zero attached hydrogens (tertiary/aromatic N) is 1. The largest absolute Gasteiger partial charge is 0.312 e. The van der Waals surface area contributed by atoms with Crippen molar-refractivity contribution in [2.75, 3.05) is 7.05 Å². The molecule has 1 rings (SSSR count). The van der Waals surface area contributed by atoms with Gasteiger partial charge in [-0.3, -0.25) is 4.98 Å². The van der Waals surface area contributed by atoms with Crippen molar-refractivity contribution < 1.29 is 4.79 Å². The Morgan fingerprint density at radius 1 is 1.28 bits per heavy atom. The molecule has 3 nitrogen and oxygen atoms in total. The summed E-state index contributed by atoms with van der Waals surface area (Å²) in [7, 11) is 1.92. The van der Waals surface area contributed by atoms with Crippen LogP contribution in [-0.4, -0.2) is 18.8 Å². The molecule has 0 spiro atoms. The van der Waals surface area contributed by atoms with E-state index >= 15 is 0 Å². The predicted molar refractivity (Wildman–Crippen MR) is 81.7 cm³/mol. The average Bonchev–Trinajstić information content (AvgIpc) is 2.29. The fourth-order valence-corrected chi connectivity index (χ4v) is 1.03. The number of halogens is 1. The lowest BCUT2D eigenvalue weighted by atomic mass is 10.0. The molecule has 1 N–H and O–H groups in total. The molecular weight excluding hydrogens is 292 g/mol. The normalized spacial score (nSPS) is 11.5. The van der Waals surface area contributed by atoms with E-state index in [0.29, 0.717) is 11.5 Å². The molecule has 1 heterocycles. The summed E-state index contributed by atoms with van der Waals surface area (Å²) in [6.07, 6.45) is 1.81. The molecule has 0 amide bonds. The summed E-state index contributed by atoms with van der Waals surface area (Å²) >= 11 is 3.33. The van der Waals surface area contributed by atoms with Gasteiger partial charge in [0.05, 0.1) is 5.69 Å². The molecule has 0 saturated carbocycles. The Morgan fingerprint density at radius 3 is 2.00 bits per heavy atom. The van der Waals surface area contributed by atoms with Crippen LogP contribution in [0.25, 0.3) is 0 Å². The standard InChI is InChI=1S/C8H11BrN2.C5H12.CH2O/c1-6(10-2)8-4-3-7(9)5-11-8;1-5(2,3)4;1-2/h3-6,10H,1-2H3;1-4H3;1H2/t6-;;/m0../s1. The van der Waals surface area contributed by atoms with E-state index in [1.165, 1.54) is 0 Å². The van der Waals surface area contributed by atoms with E-state index in [1.807, 2.05) is 32.2 Å². The maximum absolute atomic E-state index is 8.00. The first-order chi connectivity index (χ1) is 8.24. The molecule has 1 atom stereocenters. The van der Waals surface area contributed by atoms with Crippen LogP contribution in [0.3, 0.4) is 0 Å². The summed E-state index contributed by atoms with van der Waals surface area (Å²) in [5, 5.41) is 3.12. The Labute approximate surface area is 120 Å². The van der Waals surface area contributed by atoms with Crippen molar-refractivity contribution in [3.8, 4) is 0 Å². The van der Waals surface area contributed by atoms with Crippen LogP contribution in [0.1, 0.15) is 46.4 Å². The third-order valence-electron chi connectivity index (χ3n) is 1.63. The van der Waals surface area contributed by atoms with Gasteiger partial charge in [-0.15, -0.1) is 0 Å². The van der Waals surface area contributed by atoms with E-state index in [-0.39, 0.29) is 0 Å². The topological polar surface area (TPSA) is 42.0 Å². The average molecular weight is 317 g/mol. The zero-order valence-electron chi connectivity index (χ0n) is 12.2. The van der Waals surface area contributed by atoms with Gasteiger partial charge in [0.1, 0.15) is 6.79 Å². The molecule has 0 aliphatic rings. The van der Waals surface area contributed by atoms with E-state index in [4.69, 9.17) is 4.79 Å². The summed E-state index contributed by atoms with van der Waals surface area (Å²) < 4.78 is 1.02. The summed E-state index contributed by atoms with van der Waals surface area (Å²) in [4.78, 5) is 12.2. The number of carbonyl (C=O) groups excluding carboxylic acids is 1. The number of nitrogens with one attached hydrogen (secondary N) is 1. The predicted octanol–water partition coefficient (Wildman–Crippen LogP) is 3.99. The van der Waals surface area contributed by atoms with E-state index in [0.717, 1.165) is 10.2 Å². The number of rotatable bonds is 2. The van der Waals surface area contributed by atoms with Crippen LogP contribution in [0.4, 0.5) is 0 Å². The van der Waals surface area contributed by atoms with Gasteiger partial charge < -0.3 is 10.1 Å². The highest BCUT2D eigenvalue weighted by Crippen LogP contribution is 2.12. The highest BCUT2D eigenvalue weighted by atomic mass is 79.9. The van der Waals surface area contributed by atoms with Crippen molar-refractivity contribution in [3.63, 3.8) is 0 Å². The van der Waals surface area contributed by atoms with Crippen LogP contribution < -0.4 is 5.32 Å². The molecule has 104 valence electrons. The molecule has 0 unspecified atom stereocenters. The van der Waals surface area contributed by atoms with Crippen molar-refractivity contribution in [2.24, 2.45) is 5.41 Å². The zero-order valence-corrected chi connectivity index (χ0v) is 13.8. The first-order valence-electron chi connectivity index (χ1n) is 5.81. The SMILES string of the molecule is C=O.CC(C)(C)C.CN[C@@H](C)c1ccc(Br)cn1. The number of aromatic nitrogens is 1. The zero-order chi connectivity index (χ0) is 14.8. The lowest BCUT2D eigenvalue weighted by Gasteiger charge is -2.08. The van der Waals surface area contributed by atoms with Gasteiger partial charge in [-0.2, -0.15) is 0 Å². The second kappa shape index (κ2) is 10.2. The molecule has 1 aromatic heterocycles. The molecule has 1 aromatic rings. The van der Waals surface area contributed by atoms with Crippen LogP contribution in [0.15, 0.2) is 22.8 Å². The molecule has 18 heavy (non-hydrogen) atoms. The van der Waals surface area contributed by atoms with Crippen LogP contribution in [-0.2, 0) is 4.79 Å². The second-order valence-electron chi connectivity index (χ2n) is 5.41. The van der Waals surface area contributed by atoms with Crippen molar-refractivity contribution >= 4 is 22.7 Å². The fourth-order valence-electron chi connectivity index (χ4n) is 0.791. The summed E-state index contributed by atoms with van der Waals surface area (Å²) in [6, 6.07) is 4.32. The number of pyridine rings is 1. The number of carbonyl (C=O) groups is 1. The van der Waals surface area contributed by atoms with E-state index in [1.54, 1.807) is 0 Å². The third kappa shape index (κ3) is 13.3. The molecule has 0 bridgehead atoms. The van der Waals surface area contributed by atoms with Crippen molar-refractivity contribution in [3.05, 3.63) is 28.5 Å². The molecule has 0 saturated heterocycles. The molecular formula is C14H25BrN2O. The van der Waals surface area contributed by atoms with Gasteiger partial charge >= 0.3 is 0 Å². The Bertz CT molecular complexity index is 301. The van der Waals surface area contributed by atoms with Gasteiger partial charge in [-0.25, -0.2) is 0 Å². The Balaban J connectivity index is 0. The second-order valence-corrected chi connectivity index (χ2v) is 6.33. The quantitative estimate of drug-likeness (QED) is 0.897. The first kappa shape index (κ1) is 19.6. The van der Waals surface area contributed by atoms with Gasteiger partial charge in [0.2, 0.25) is 0 Å². The number of hydrogen-bond donors (Lipinski definition) is 1. The maximum atomic E-state index is 8.00. The smallest absolute Gasteiger partial charge is 0.106 e. The monoisotopic (exact) mass is 316 g/mol. The first-order valence-corrected chi connectivity index (χ1v) is 6.61. The lowest BCUT2D eigenvalue weighted by Crippen LogP contribution is -2.13. The molecule has 0 fully saturated rings. The van der Waals surface area contributed by atoms with Crippen molar-refractivity contribution in [1.29, 1.82) is 0 Å². The minimum absolute atomic E-state index is 0.322. The van der Waals surface area contributed by atoms with Gasteiger partial charge in [-0.05, 0) is 47.4 Å². The molecule has 0 aliphatic heterocycles. The van der Waals surface area contributed by atoms with E-state index in [9.17, 15) is 0 Å². The van der Waals surface area contributed by atoms with Crippen LogP contribution in [0, 0.1) is 5.41 Å². The molecule has 0 aliphatic carbocycles. The van der Waals surface area contributed by atoms with Gasteiger partial charge in [0, 0.05) is 16.7 Å². The summed E-state index contributed by atoms with van der Waals surface area (Å²) in [5.41, 5.74) is 1.57. The number of hydrogen-bond acceptors (Lipinski definition) is 3. The summed E-state index contributed by atoms with van der Waals surface area (Å²) in [6.45, 7) is 12.8. The molecule has 4 heteroatoms. The lowest BCUT2D eigenvalue weighted by molar-refractivity contribution is -0.0979. The Morgan fingerprint density at radius 2 is 1.72 bits per heavy atom. The fraction of sp³-hybridized carbons (Fsp3) is 0.571. The third-order valence-corrected chi connectivity index (χ3v) is 2.10. The van der Waals surface area contributed by atoms with Crippen LogP contribution >= 0.6 is 15.9 Å². The summed E-state index contributed by atoms with van der Waals surface area (Å²) in [5.74, 6) is 0. The van der Waals surface area contributed by atoms with Crippen molar-refractivity contribution in [1.82, 2.24) is 10.3 Å². The molecule has 0 aromatic carbocycles. The highest BCUT2D eigenvalue weighted by molar-refractivity contribution is 9.10. The minimum Gasteiger partial charge on any atom is -0.312 e. The van der Waals surface area contributed by atoms with Crippen LogP contribution in [0.2, 0.25) is 0 Å². The van der Waals surface area contributed by atoms with Gasteiger partial charge in [0.25, 0.3) is 0 Å². The van der Waals surface area contributed by atoms with Gasteiger partial charge in [0.15, 0.2) is 0 Å². The highest BCUT2D eigenvalue weighted by Gasteiger charge is 2.01. The molecule has 0 radical (unpaired) electrons. The Kier molecular flexibility index (Phi) is 11.1.